The average Bonchev–Trinajstić information content (AvgIpc) is 3.69. The smallest absolute Gasteiger partial charge is 0.324 e. The van der Waals surface area contributed by atoms with Gasteiger partial charge in [-0.1, -0.05) is 49.4 Å². The van der Waals surface area contributed by atoms with E-state index in [0.29, 0.717) is 29.9 Å². The van der Waals surface area contributed by atoms with Crippen LogP contribution in [-0.4, -0.2) is 75.7 Å². The summed E-state index contributed by atoms with van der Waals surface area (Å²) in [6.07, 6.45) is 2.05. The molecule has 1 fully saturated rings. The minimum Gasteiger partial charge on any atom is -0.492 e. The molecule has 43 heavy (non-hydrogen) atoms. The lowest BCUT2D eigenvalue weighted by Gasteiger charge is -2.36. The number of nitrogens with zero attached hydrogens (tertiary/aromatic N) is 5. The molecule has 0 radical (unpaired) electrons. The van der Waals surface area contributed by atoms with E-state index in [1.54, 1.807) is 17.4 Å². The number of piperazine rings is 1. The van der Waals surface area contributed by atoms with Gasteiger partial charge in [0.25, 0.3) is 0 Å². The molecule has 1 saturated heterocycles. The summed E-state index contributed by atoms with van der Waals surface area (Å²) in [4.78, 5) is 23.3. The maximum atomic E-state index is 12.5. The maximum Gasteiger partial charge on any atom is 0.324 e. The Bertz CT molecular complexity index is 1710. The van der Waals surface area contributed by atoms with Gasteiger partial charge in [0.05, 0.1) is 15.9 Å². The SMILES string of the molecule is CC(C)N1CCN(CCOc2ccc3c(c2)sc2nc(-c4ccc(NC(=O)Nc5cc(C(C)(C)C)on5)cc4)cn23)CC1. The number of amides is 2. The normalized spacial score (nSPS) is 15.0. The third-order valence-corrected chi connectivity index (χ3v) is 8.83. The van der Waals surface area contributed by atoms with Gasteiger partial charge in [0, 0.05) is 67.7 Å². The number of urea groups is 1. The highest BCUT2D eigenvalue weighted by Crippen LogP contribution is 2.32. The zero-order chi connectivity index (χ0) is 30.1. The van der Waals surface area contributed by atoms with E-state index in [1.807, 2.05) is 51.1 Å². The van der Waals surface area contributed by atoms with E-state index >= 15 is 0 Å². The zero-order valence-electron chi connectivity index (χ0n) is 25.4. The first-order valence-electron chi connectivity index (χ1n) is 14.8. The van der Waals surface area contributed by atoms with Crippen LogP contribution in [0.4, 0.5) is 16.3 Å². The number of benzene rings is 2. The van der Waals surface area contributed by atoms with Crippen LogP contribution in [0, 0.1) is 0 Å². The molecule has 2 N–H and O–H groups in total. The maximum absolute atomic E-state index is 12.5. The summed E-state index contributed by atoms with van der Waals surface area (Å²) in [6, 6.07) is 15.8. The number of nitrogens with one attached hydrogen (secondary N) is 2. The van der Waals surface area contributed by atoms with Crippen molar-refractivity contribution in [3.63, 3.8) is 0 Å². The van der Waals surface area contributed by atoms with Gasteiger partial charge in [0.15, 0.2) is 10.8 Å². The average molecular weight is 602 g/mol. The lowest BCUT2D eigenvalue weighted by molar-refractivity contribution is 0.0971. The van der Waals surface area contributed by atoms with E-state index in [9.17, 15) is 4.79 Å². The quantitative estimate of drug-likeness (QED) is 0.208. The first-order chi connectivity index (χ1) is 20.6. The van der Waals surface area contributed by atoms with Gasteiger partial charge in [-0.15, -0.1) is 0 Å². The van der Waals surface area contributed by atoms with Crippen LogP contribution < -0.4 is 15.4 Å². The number of carbonyl (C=O) groups is 1. The van der Waals surface area contributed by atoms with Gasteiger partial charge in [0.2, 0.25) is 0 Å². The lowest BCUT2D eigenvalue weighted by atomic mass is 9.93. The van der Waals surface area contributed by atoms with E-state index < -0.39 is 0 Å². The number of imidazole rings is 1. The summed E-state index contributed by atoms with van der Waals surface area (Å²) >= 11 is 1.65. The summed E-state index contributed by atoms with van der Waals surface area (Å²) in [5.74, 6) is 1.97. The zero-order valence-corrected chi connectivity index (χ0v) is 26.2. The van der Waals surface area contributed by atoms with Crippen LogP contribution in [0.15, 0.2) is 59.3 Å². The van der Waals surface area contributed by atoms with E-state index in [0.717, 1.165) is 64.9 Å². The third-order valence-electron chi connectivity index (χ3n) is 7.81. The van der Waals surface area contributed by atoms with Gasteiger partial charge in [-0.2, -0.15) is 0 Å². The fourth-order valence-electron chi connectivity index (χ4n) is 5.20. The Kier molecular flexibility index (Phi) is 8.13. The van der Waals surface area contributed by atoms with Crippen molar-refractivity contribution in [2.45, 2.75) is 46.1 Å². The molecule has 0 atom stereocenters. The molecule has 0 spiro atoms. The van der Waals surface area contributed by atoms with Crippen molar-refractivity contribution in [1.82, 2.24) is 24.3 Å². The highest BCUT2D eigenvalue weighted by atomic mass is 32.1. The summed E-state index contributed by atoms with van der Waals surface area (Å²) in [5.41, 5.74) is 3.43. The Morgan fingerprint density at radius 1 is 1.05 bits per heavy atom. The molecule has 2 amide bonds. The van der Waals surface area contributed by atoms with Crippen LogP contribution in [0.1, 0.15) is 40.4 Å². The van der Waals surface area contributed by atoms with Crippen molar-refractivity contribution < 1.29 is 14.1 Å². The van der Waals surface area contributed by atoms with Crippen molar-refractivity contribution in [2.75, 3.05) is 50.0 Å². The van der Waals surface area contributed by atoms with Crippen LogP contribution in [0.2, 0.25) is 0 Å². The van der Waals surface area contributed by atoms with Crippen molar-refractivity contribution in [3.8, 4) is 17.0 Å². The fraction of sp³-hybridized carbons (Fsp3) is 0.406. The minimum absolute atomic E-state index is 0.187. The molecular weight excluding hydrogens is 562 g/mol. The van der Waals surface area contributed by atoms with Gasteiger partial charge in [-0.25, -0.2) is 9.78 Å². The molecule has 1 aliphatic rings. The van der Waals surface area contributed by atoms with Crippen LogP contribution in [-0.2, 0) is 5.41 Å². The van der Waals surface area contributed by atoms with Gasteiger partial charge in [-0.05, 0) is 44.2 Å². The Morgan fingerprint density at radius 2 is 1.81 bits per heavy atom. The standard InChI is InChI=1S/C32H39N7O3S/c1-21(2)38-14-12-37(13-15-38)16-17-41-24-10-11-26-27(18-24)43-31-34-25(20-39(26)31)22-6-8-23(9-7-22)33-30(40)35-29-19-28(42-36-29)32(3,4)5/h6-11,18-21H,12-17H2,1-5H3,(H2,33,35,36,40). The second kappa shape index (κ2) is 12.0. The Labute approximate surface area is 255 Å². The number of anilines is 2. The monoisotopic (exact) mass is 601 g/mol. The highest BCUT2D eigenvalue weighted by Gasteiger charge is 2.21. The van der Waals surface area contributed by atoms with Gasteiger partial charge in [0.1, 0.15) is 18.1 Å². The highest BCUT2D eigenvalue weighted by molar-refractivity contribution is 7.23. The van der Waals surface area contributed by atoms with Crippen LogP contribution in [0.3, 0.4) is 0 Å². The minimum atomic E-state index is -0.386. The topological polar surface area (TPSA) is 100 Å². The van der Waals surface area contributed by atoms with E-state index in [-0.39, 0.29) is 11.4 Å². The molecule has 0 saturated carbocycles. The molecule has 4 heterocycles. The van der Waals surface area contributed by atoms with Crippen LogP contribution in [0.5, 0.6) is 5.75 Å². The molecule has 0 unspecified atom stereocenters. The van der Waals surface area contributed by atoms with Crippen molar-refractivity contribution in [1.29, 1.82) is 0 Å². The molecule has 3 aromatic heterocycles. The molecule has 2 aromatic carbocycles. The third kappa shape index (κ3) is 6.69. The van der Waals surface area contributed by atoms with Crippen LogP contribution in [0.25, 0.3) is 26.4 Å². The molecule has 0 aliphatic carbocycles. The second-order valence-corrected chi connectivity index (χ2v) is 13.3. The van der Waals surface area contributed by atoms with E-state index in [1.165, 1.54) is 0 Å². The molecule has 1 aliphatic heterocycles. The molecule has 6 rings (SSSR count). The predicted octanol–water partition coefficient (Wildman–Crippen LogP) is 6.55. The van der Waals surface area contributed by atoms with E-state index in [2.05, 4.69) is 62.2 Å². The van der Waals surface area contributed by atoms with Crippen molar-refractivity contribution in [2.24, 2.45) is 0 Å². The molecule has 11 heteroatoms. The first kappa shape index (κ1) is 29.2. The van der Waals surface area contributed by atoms with Gasteiger partial charge < -0.3 is 14.6 Å². The summed E-state index contributed by atoms with van der Waals surface area (Å²) < 4.78 is 14.7. The number of fused-ring (bicyclic) bond motifs is 3. The fourth-order valence-corrected chi connectivity index (χ4v) is 6.23. The van der Waals surface area contributed by atoms with Crippen molar-refractivity contribution >= 4 is 44.1 Å². The lowest BCUT2D eigenvalue weighted by Crippen LogP contribution is -2.49. The first-order valence-corrected chi connectivity index (χ1v) is 15.6. The molecule has 10 nitrogen and oxygen atoms in total. The molecule has 5 aromatic rings. The second-order valence-electron chi connectivity index (χ2n) is 12.3. The summed E-state index contributed by atoms with van der Waals surface area (Å²) in [6.45, 7) is 16.7. The summed E-state index contributed by atoms with van der Waals surface area (Å²) in [5, 5.41) is 9.48. The predicted molar refractivity (Wildman–Crippen MR) is 172 cm³/mol. The number of hydrogen-bond acceptors (Lipinski definition) is 8. The molecule has 0 bridgehead atoms. The Morgan fingerprint density at radius 3 is 2.51 bits per heavy atom. The number of carbonyl (C=O) groups excluding carboxylic acids is 1. The number of hydrogen-bond donors (Lipinski definition) is 2. The number of rotatable bonds is 8. The number of thiazole rings is 1. The largest absolute Gasteiger partial charge is 0.492 e. The molecular formula is C32H39N7O3S. The van der Waals surface area contributed by atoms with Gasteiger partial charge >= 0.3 is 6.03 Å². The Hall–Kier alpha value is -3.93. The van der Waals surface area contributed by atoms with E-state index in [4.69, 9.17) is 14.2 Å². The van der Waals surface area contributed by atoms with Crippen molar-refractivity contribution in [3.05, 3.63) is 60.5 Å². The van der Waals surface area contributed by atoms with Gasteiger partial charge in [-0.3, -0.25) is 19.5 Å². The Balaban J connectivity index is 1.04. The number of ether oxygens (including phenoxy) is 1. The number of aromatic nitrogens is 3. The molecule has 226 valence electrons. The summed E-state index contributed by atoms with van der Waals surface area (Å²) in [7, 11) is 0. The van der Waals surface area contributed by atoms with Crippen LogP contribution >= 0.6 is 11.3 Å².